The number of carbonyl (C=O) groups is 2. The highest BCUT2D eigenvalue weighted by molar-refractivity contribution is 5.76. The molecular weight excluding hydrogens is 935 g/mol. The molecule has 0 aliphatic heterocycles. The highest BCUT2D eigenvalue weighted by Gasteiger charge is 2.18. The lowest BCUT2D eigenvalue weighted by atomic mass is 10.0. The van der Waals surface area contributed by atoms with E-state index in [1.807, 2.05) is 6.08 Å². The van der Waals surface area contributed by atoms with E-state index in [1.54, 1.807) is 6.08 Å². The standard InChI is InChI=1S/C70H137NO5/c1-3-5-7-9-11-13-15-17-19-20-21-22-26-29-32-35-38-42-46-50-54-58-62-68(73)67(66-72)71-69(74)63-59-55-51-47-43-39-36-33-30-27-24-23-25-28-31-34-37-41-45-49-53-57-61-65-76-70(75)64-60-56-52-48-44-40-18-16-14-12-10-8-6-4-2/h58,62,67-68,72-73H,3-57,59-61,63-66H2,1-2H3,(H,71,74)/b62-58+. The summed E-state index contributed by atoms with van der Waals surface area (Å²) in [6.07, 6.45) is 81.4. The molecule has 0 radical (unpaired) electrons. The first-order valence-electron chi connectivity index (χ1n) is 35.0. The van der Waals surface area contributed by atoms with E-state index in [2.05, 4.69) is 19.2 Å². The first kappa shape index (κ1) is 74.6. The predicted molar refractivity (Wildman–Crippen MR) is 333 cm³/mol. The minimum Gasteiger partial charge on any atom is -0.466 e. The molecule has 0 saturated carbocycles. The lowest BCUT2D eigenvalue weighted by Gasteiger charge is -2.20. The second-order valence-electron chi connectivity index (χ2n) is 24.2. The number of unbranched alkanes of at least 4 members (excludes halogenated alkanes) is 55. The zero-order valence-electron chi connectivity index (χ0n) is 51.8. The van der Waals surface area contributed by atoms with Crippen molar-refractivity contribution < 1.29 is 24.5 Å². The number of hydrogen-bond donors (Lipinski definition) is 3. The van der Waals surface area contributed by atoms with E-state index in [4.69, 9.17) is 4.74 Å². The number of esters is 1. The van der Waals surface area contributed by atoms with Crippen molar-refractivity contribution in [1.82, 2.24) is 5.32 Å². The van der Waals surface area contributed by atoms with Crippen LogP contribution in [0.25, 0.3) is 0 Å². The zero-order chi connectivity index (χ0) is 55.0. The van der Waals surface area contributed by atoms with Crippen molar-refractivity contribution in [3.05, 3.63) is 12.2 Å². The molecule has 6 heteroatoms. The van der Waals surface area contributed by atoms with E-state index in [0.717, 1.165) is 38.5 Å². The zero-order valence-corrected chi connectivity index (χ0v) is 51.8. The molecule has 0 aromatic carbocycles. The van der Waals surface area contributed by atoms with Crippen LogP contribution < -0.4 is 5.32 Å². The number of hydrogen-bond acceptors (Lipinski definition) is 5. The Balaban J connectivity index is 3.39. The maximum absolute atomic E-state index is 12.5. The van der Waals surface area contributed by atoms with Crippen molar-refractivity contribution >= 4 is 11.9 Å². The summed E-state index contributed by atoms with van der Waals surface area (Å²) < 4.78 is 5.49. The van der Waals surface area contributed by atoms with Crippen LogP contribution in [0.4, 0.5) is 0 Å². The fourth-order valence-corrected chi connectivity index (χ4v) is 11.2. The van der Waals surface area contributed by atoms with Gasteiger partial charge in [0.15, 0.2) is 0 Å². The monoisotopic (exact) mass is 1070 g/mol. The van der Waals surface area contributed by atoms with Crippen LogP contribution in [-0.4, -0.2) is 47.4 Å². The Morgan fingerprint density at radius 2 is 0.605 bits per heavy atom. The molecule has 0 aliphatic carbocycles. The topological polar surface area (TPSA) is 95.9 Å². The third-order valence-corrected chi connectivity index (χ3v) is 16.6. The number of aliphatic hydroxyl groups excluding tert-OH is 2. The Labute approximate surface area is 476 Å². The fourth-order valence-electron chi connectivity index (χ4n) is 11.2. The summed E-state index contributed by atoms with van der Waals surface area (Å²) >= 11 is 0. The van der Waals surface area contributed by atoms with E-state index in [9.17, 15) is 19.8 Å². The van der Waals surface area contributed by atoms with Crippen molar-refractivity contribution in [2.45, 2.75) is 411 Å². The molecule has 0 saturated heterocycles. The number of allylic oxidation sites excluding steroid dienone is 1. The maximum Gasteiger partial charge on any atom is 0.305 e. The minimum absolute atomic E-state index is 0.0173. The quantitative estimate of drug-likeness (QED) is 0.0320. The molecular formula is C70H137NO5. The first-order chi connectivity index (χ1) is 37.5. The predicted octanol–water partition coefficient (Wildman–Crippen LogP) is 22.4. The molecule has 0 aromatic heterocycles. The second-order valence-corrected chi connectivity index (χ2v) is 24.2. The Morgan fingerprint density at radius 1 is 0.355 bits per heavy atom. The number of aliphatic hydroxyl groups is 2. The van der Waals surface area contributed by atoms with E-state index in [1.165, 1.54) is 334 Å². The molecule has 2 unspecified atom stereocenters. The fraction of sp³-hybridized carbons (Fsp3) is 0.943. The number of ether oxygens (including phenoxy) is 1. The van der Waals surface area contributed by atoms with E-state index in [0.29, 0.717) is 19.4 Å². The summed E-state index contributed by atoms with van der Waals surface area (Å²) in [4.78, 5) is 24.6. The SMILES string of the molecule is CCCCCCCCCCCCCCCCCCCCCC/C=C/C(O)C(CO)NC(=O)CCCCCCCCCCCCCCCCCCCCCCCCCOC(=O)CCCCCCCCCCCCCCCC. The van der Waals surface area contributed by atoms with Crippen LogP contribution in [0.15, 0.2) is 12.2 Å². The number of amides is 1. The van der Waals surface area contributed by atoms with Gasteiger partial charge in [-0.1, -0.05) is 366 Å². The summed E-state index contributed by atoms with van der Waals surface area (Å²) in [5.74, 6) is -0.0454. The van der Waals surface area contributed by atoms with Crippen LogP contribution in [0.1, 0.15) is 399 Å². The Hall–Kier alpha value is -1.40. The van der Waals surface area contributed by atoms with Crippen LogP contribution in [-0.2, 0) is 14.3 Å². The van der Waals surface area contributed by atoms with Crippen molar-refractivity contribution in [1.29, 1.82) is 0 Å². The van der Waals surface area contributed by atoms with Gasteiger partial charge < -0.3 is 20.3 Å². The maximum atomic E-state index is 12.5. The number of rotatable bonds is 66. The molecule has 6 nitrogen and oxygen atoms in total. The summed E-state index contributed by atoms with van der Waals surface area (Å²) in [6.45, 7) is 4.95. The molecule has 0 rings (SSSR count). The first-order valence-corrected chi connectivity index (χ1v) is 35.0. The van der Waals surface area contributed by atoms with Gasteiger partial charge in [-0.25, -0.2) is 0 Å². The lowest BCUT2D eigenvalue weighted by Crippen LogP contribution is -2.45. The van der Waals surface area contributed by atoms with Gasteiger partial charge in [-0.2, -0.15) is 0 Å². The largest absolute Gasteiger partial charge is 0.466 e. The molecule has 2 atom stereocenters. The molecule has 0 aliphatic rings. The normalized spacial score (nSPS) is 12.5. The van der Waals surface area contributed by atoms with E-state index < -0.39 is 12.1 Å². The Kier molecular flexibility index (Phi) is 64.9. The Morgan fingerprint density at radius 3 is 0.895 bits per heavy atom. The third-order valence-electron chi connectivity index (χ3n) is 16.6. The smallest absolute Gasteiger partial charge is 0.305 e. The average Bonchev–Trinajstić information content (AvgIpc) is 3.42. The van der Waals surface area contributed by atoms with Crippen LogP contribution >= 0.6 is 0 Å². The Bertz CT molecular complexity index is 1140. The summed E-state index contributed by atoms with van der Waals surface area (Å²) in [7, 11) is 0. The summed E-state index contributed by atoms with van der Waals surface area (Å²) in [5, 5.41) is 23.3. The average molecular weight is 1070 g/mol. The molecule has 3 N–H and O–H groups in total. The van der Waals surface area contributed by atoms with Gasteiger partial charge in [-0.3, -0.25) is 9.59 Å². The van der Waals surface area contributed by atoms with Gasteiger partial charge in [0.05, 0.1) is 25.4 Å². The molecule has 1 amide bonds. The van der Waals surface area contributed by atoms with Gasteiger partial charge in [0.25, 0.3) is 0 Å². The highest BCUT2D eigenvalue weighted by Crippen LogP contribution is 2.19. The van der Waals surface area contributed by atoms with E-state index >= 15 is 0 Å². The second kappa shape index (κ2) is 66.1. The molecule has 0 heterocycles. The van der Waals surface area contributed by atoms with Crippen LogP contribution in [0.5, 0.6) is 0 Å². The van der Waals surface area contributed by atoms with Crippen LogP contribution in [0.2, 0.25) is 0 Å². The van der Waals surface area contributed by atoms with Crippen molar-refractivity contribution in [3.63, 3.8) is 0 Å². The van der Waals surface area contributed by atoms with E-state index in [-0.39, 0.29) is 18.5 Å². The van der Waals surface area contributed by atoms with Crippen LogP contribution in [0, 0.1) is 0 Å². The molecule has 0 aromatic rings. The molecule has 0 bridgehead atoms. The van der Waals surface area contributed by atoms with Gasteiger partial charge in [0.2, 0.25) is 5.91 Å². The van der Waals surface area contributed by atoms with Gasteiger partial charge >= 0.3 is 5.97 Å². The third kappa shape index (κ3) is 61.8. The summed E-state index contributed by atoms with van der Waals surface area (Å²) in [6, 6.07) is -0.628. The molecule has 76 heavy (non-hydrogen) atoms. The van der Waals surface area contributed by atoms with Gasteiger partial charge in [-0.05, 0) is 32.1 Å². The lowest BCUT2D eigenvalue weighted by molar-refractivity contribution is -0.143. The van der Waals surface area contributed by atoms with Gasteiger partial charge in [0, 0.05) is 12.8 Å². The molecule has 452 valence electrons. The summed E-state index contributed by atoms with van der Waals surface area (Å²) in [5.41, 5.74) is 0. The molecule has 0 fully saturated rings. The van der Waals surface area contributed by atoms with Crippen molar-refractivity contribution in [2.24, 2.45) is 0 Å². The minimum atomic E-state index is -0.844. The highest BCUT2D eigenvalue weighted by atomic mass is 16.5. The van der Waals surface area contributed by atoms with Crippen molar-refractivity contribution in [2.75, 3.05) is 13.2 Å². The van der Waals surface area contributed by atoms with Crippen molar-refractivity contribution in [3.8, 4) is 0 Å². The number of nitrogens with one attached hydrogen (secondary N) is 1. The number of carbonyl (C=O) groups excluding carboxylic acids is 2. The molecule has 0 spiro atoms. The van der Waals surface area contributed by atoms with Gasteiger partial charge in [-0.15, -0.1) is 0 Å². The van der Waals surface area contributed by atoms with Crippen LogP contribution in [0.3, 0.4) is 0 Å². The van der Waals surface area contributed by atoms with Gasteiger partial charge in [0.1, 0.15) is 0 Å².